The zero-order valence-electron chi connectivity index (χ0n) is 7.77. The molecular formula is C11H10O3. The summed E-state index contributed by atoms with van der Waals surface area (Å²) < 4.78 is 4.91. The van der Waals surface area contributed by atoms with Crippen LogP contribution in [0.15, 0.2) is 36.4 Å². The Hall–Kier alpha value is -1.90. The van der Waals surface area contributed by atoms with Crippen molar-refractivity contribution in [1.82, 2.24) is 0 Å². The Morgan fingerprint density at radius 2 is 1.93 bits per heavy atom. The van der Waals surface area contributed by atoms with Crippen LogP contribution in [0.5, 0.6) is 5.75 Å². The topological polar surface area (TPSA) is 43.4 Å². The van der Waals surface area contributed by atoms with Gasteiger partial charge in [-0.3, -0.25) is 4.79 Å². The zero-order chi connectivity index (χ0) is 10.4. The first-order valence-electron chi connectivity index (χ1n) is 4.16. The predicted molar refractivity (Wildman–Crippen MR) is 52.3 cm³/mol. The summed E-state index contributed by atoms with van der Waals surface area (Å²) >= 11 is 0. The van der Waals surface area contributed by atoms with Gasteiger partial charge in [0.05, 0.1) is 0 Å². The molecule has 0 spiro atoms. The average Bonchev–Trinajstić information content (AvgIpc) is 2.19. The van der Waals surface area contributed by atoms with Gasteiger partial charge in [-0.25, -0.2) is 4.79 Å². The van der Waals surface area contributed by atoms with Crippen molar-refractivity contribution in [3.05, 3.63) is 42.0 Å². The Balaban J connectivity index is 2.68. The van der Waals surface area contributed by atoms with Gasteiger partial charge in [-0.15, -0.1) is 0 Å². The summed E-state index contributed by atoms with van der Waals surface area (Å²) in [6.07, 6.45) is 3.66. The van der Waals surface area contributed by atoms with E-state index in [-0.39, 0.29) is 0 Å². The fourth-order valence-corrected chi connectivity index (χ4v) is 0.901. The highest BCUT2D eigenvalue weighted by Gasteiger charge is 1.99. The van der Waals surface area contributed by atoms with Crippen LogP contribution in [0.1, 0.15) is 17.3 Å². The highest BCUT2D eigenvalue weighted by molar-refractivity contribution is 5.84. The second kappa shape index (κ2) is 4.97. The molecule has 0 N–H and O–H groups in total. The van der Waals surface area contributed by atoms with Gasteiger partial charge < -0.3 is 4.74 Å². The molecule has 3 nitrogen and oxygen atoms in total. The standard InChI is InChI=1S/C11H10O3/c1-2-3-11(13)14-10-6-4-9(8-12)5-7-10/h2-8H,1H3/b3-2+. The number of esters is 1. The monoisotopic (exact) mass is 190 g/mol. The molecule has 1 rings (SSSR count). The Kier molecular flexibility index (Phi) is 3.61. The Bertz CT molecular complexity index is 349. The average molecular weight is 190 g/mol. The van der Waals surface area contributed by atoms with Crippen molar-refractivity contribution in [2.24, 2.45) is 0 Å². The van der Waals surface area contributed by atoms with Gasteiger partial charge in [0.15, 0.2) is 0 Å². The Morgan fingerprint density at radius 1 is 1.29 bits per heavy atom. The minimum absolute atomic E-state index is 0.425. The predicted octanol–water partition coefficient (Wildman–Crippen LogP) is 1.98. The Morgan fingerprint density at radius 3 is 2.43 bits per heavy atom. The molecule has 1 aromatic carbocycles. The van der Waals surface area contributed by atoms with Crippen molar-refractivity contribution in [3.8, 4) is 5.75 Å². The quantitative estimate of drug-likeness (QED) is 0.317. The zero-order valence-corrected chi connectivity index (χ0v) is 7.77. The number of benzene rings is 1. The summed E-state index contributed by atoms with van der Waals surface area (Å²) in [5, 5.41) is 0. The van der Waals surface area contributed by atoms with Gasteiger partial charge in [0, 0.05) is 11.6 Å². The largest absolute Gasteiger partial charge is 0.423 e. The van der Waals surface area contributed by atoms with Gasteiger partial charge in [0.1, 0.15) is 12.0 Å². The van der Waals surface area contributed by atoms with E-state index in [1.807, 2.05) is 0 Å². The van der Waals surface area contributed by atoms with E-state index in [2.05, 4.69) is 0 Å². The third kappa shape index (κ3) is 2.86. The number of hydrogen-bond acceptors (Lipinski definition) is 3. The van der Waals surface area contributed by atoms with Gasteiger partial charge in [0.25, 0.3) is 0 Å². The summed E-state index contributed by atoms with van der Waals surface area (Å²) in [5.74, 6) is 0.00468. The van der Waals surface area contributed by atoms with Crippen LogP contribution in [0.4, 0.5) is 0 Å². The molecule has 0 aliphatic heterocycles. The van der Waals surface area contributed by atoms with Crippen molar-refractivity contribution in [3.63, 3.8) is 0 Å². The van der Waals surface area contributed by atoms with E-state index in [9.17, 15) is 9.59 Å². The van der Waals surface area contributed by atoms with E-state index in [1.54, 1.807) is 37.3 Å². The molecule has 1 aromatic rings. The molecule has 0 aromatic heterocycles. The van der Waals surface area contributed by atoms with Crippen LogP contribution in [0.25, 0.3) is 0 Å². The van der Waals surface area contributed by atoms with Crippen molar-refractivity contribution in [2.45, 2.75) is 6.92 Å². The number of ether oxygens (including phenoxy) is 1. The highest BCUT2D eigenvalue weighted by Crippen LogP contribution is 2.11. The normalized spacial score (nSPS) is 10.1. The first-order chi connectivity index (χ1) is 6.76. The maximum absolute atomic E-state index is 11.0. The van der Waals surface area contributed by atoms with Gasteiger partial charge in [-0.05, 0) is 31.2 Å². The van der Waals surface area contributed by atoms with Crippen LogP contribution in [-0.4, -0.2) is 12.3 Å². The summed E-state index contributed by atoms with van der Waals surface area (Å²) in [6, 6.07) is 6.33. The molecule has 0 aliphatic rings. The highest BCUT2D eigenvalue weighted by atomic mass is 16.5. The van der Waals surface area contributed by atoms with E-state index < -0.39 is 5.97 Å². The van der Waals surface area contributed by atoms with Gasteiger partial charge in [-0.1, -0.05) is 6.08 Å². The summed E-state index contributed by atoms with van der Waals surface area (Å²) in [5.41, 5.74) is 0.552. The maximum Gasteiger partial charge on any atom is 0.335 e. The number of hydrogen-bond donors (Lipinski definition) is 0. The van der Waals surface area contributed by atoms with Crippen LogP contribution in [-0.2, 0) is 4.79 Å². The summed E-state index contributed by atoms with van der Waals surface area (Å²) in [7, 11) is 0. The van der Waals surface area contributed by atoms with E-state index in [1.165, 1.54) is 6.08 Å². The van der Waals surface area contributed by atoms with Crippen LogP contribution in [0, 0.1) is 0 Å². The number of allylic oxidation sites excluding steroid dienone is 1. The van der Waals surface area contributed by atoms with E-state index in [0.717, 1.165) is 6.29 Å². The lowest BCUT2D eigenvalue weighted by Gasteiger charge is -2.00. The molecule has 0 unspecified atom stereocenters. The lowest BCUT2D eigenvalue weighted by atomic mass is 10.2. The molecule has 0 radical (unpaired) electrons. The van der Waals surface area contributed by atoms with Crippen LogP contribution in [0.3, 0.4) is 0 Å². The lowest BCUT2D eigenvalue weighted by Crippen LogP contribution is -2.03. The molecule has 14 heavy (non-hydrogen) atoms. The first kappa shape index (κ1) is 10.2. The fraction of sp³-hybridized carbons (Fsp3) is 0.0909. The molecule has 0 bridgehead atoms. The fourth-order valence-electron chi connectivity index (χ4n) is 0.901. The van der Waals surface area contributed by atoms with Crippen LogP contribution in [0.2, 0.25) is 0 Å². The van der Waals surface area contributed by atoms with E-state index in [4.69, 9.17) is 4.74 Å². The molecule has 0 atom stereocenters. The molecule has 0 heterocycles. The van der Waals surface area contributed by atoms with Gasteiger partial charge in [0.2, 0.25) is 0 Å². The van der Waals surface area contributed by atoms with Crippen molar-refractivity contribution in [1.29, 1.82) is 0 Å². The van der Waals surface area contributed by atoms with E-state index >= 15 is 0 Å². The SMILES string of the molecule is C/C=C/C(=O)Oc1ccc(C=O)cc1. The molecule has 0 fully saturated rings. The molecule has 0 saturated carbocycles. The van der Waals surface area contributed by atoms with Crippen molar-refractivity contribution < 1.29 is 14.3 Å². The molecule has 0 aliphatic carbocycles. The summed E-state index contributed by atoms with van der Waals surface area (Å²) in [4.78, 5) is 21.3. The third-order valence-electron chi connectivity index (χ3n) is 1.54. The van der Waals surface area contributed by atoms with Gasteiger partial charge in [-0.2, -0.15) is 0 Å². The van der Waals surface area contributed by atoms with Gasteiger partial charge >= 0.3 is 5.97 Å². The number of rotatable bonds is 3. The smallest absolute Gasteiger partial charge is 0.335 e. The maximum atomic E-state index is 11.0. The molecule has 0 saturated heterocycles. The third-order valence-corrected chi connectivity index (χ3v) is 1.54. The number of aldehydes is 1. The van der Waals surface area contributed by atoms with E-state index in [0.29, 0.717) is 11.3 Å². The summed E-state index contributed by atoms with van der Waals surface area (Å²) in [6.45, 7) is 1.73. The second-order valence-electron chi connectivity index (χ2n) is 2.61. The molecule has 0 amide bonds. The van der Waals surface area contributed by atoms with Crippen LogP contribution >= 0.6 is 0 Å². The first-order valence-corrected chi connectivity index (χ1v) is 4.16. The molecule has 3 heteroatoms. The second-order valence-corrected chi connectivity index (χ2v) is 2.61. The van der Waals surface area contributed by atoms with Crippen molar-refractivity contribution >= 4 is 12.3 Å². The molecule has 72 valence electrons. The molecular weight excluding hydrogens is 180 g/mol. The minimum atomic E-state index is -0.425. The van der Waals surface area contributed by atoms with Crippen LogP contribution < -0.4 is 4.74 Å². The minimum Gasteiger partial charge on any atom is -0.423 e. The Labute approximate surface area is 82.0 Å². The number of carbonyl (C=O) groups excluding carboxylic acids is 2. The van der Waals surface area contributed by atoms with Crippen molar-refractivity contribution in [2.75, 3.05) is 0 Å². The lowest BCUT2D eigenvalue weighted by molar-refractivity contribution is -0.129. The number of carbonyl (C=O) groups is 2.